The Morgan fingerprint density at radius 3 is 1.12 bits per heavy atom. The van der Waals surface area contributed by atoms with E-state index < -0.39 is 36.4 Å². The number of aliphatic hydroxyl groups is 4. The SMILES string of the molecule is CCCCCCCCCCOC(=O)[C@@H](O)[C@H](O)[C@H](O)[C@@H](O)C(=O)OCCCCCCCC. The lowest BCUT2D eigenvalue weighted by atomic mass is 10.0. The quantitative estimate of drug-likeness (QED) is 0.151. The summed E-state index contributed by atoms with van der Waals surface area (Å²) in [5.74, 6) is -2.21. The van der Waals surface area contributed by atoms with Crippen LogP contribution in [0.25, 0.3) is 0 Å². The molecule has 0 saturated carbocycles. The number of hydrogen-bond donors (Lipinski definition) is 4. The Morgan fingerprint density at radius 2 is 0.812 bits per heavy atom. The first kappa shape index (κ1) is 30.8. The van der Waals surface area contributed by atoms with Crippen LogP contribution in [0.2, 0.25) is 0 Å². The van der Waals surface area contributed by atoms with Gasteiger partial charge >= 0.3 is 11.9 Å². The lowest BCUT2D eigenvalue weighted by molar-refractivity contribution is -0.179. The van der Waals surface area contributed by atoms with E-state index in [2.05, 4.69) is 13.8 Å². The summed E-state index contributed by atoms with van der Waals surface area (Å²) in [6.45, 7) is 4.48. The summed E-state index contributed by atoms with van der Waals surface area (Å²) >= 11 is 0. The standard InChI is InChI=1S/C24H46O8/c1-3-5-7-9-11-12-14-16-18-32-24(30)22(28)20(26)19(25)21(27)23(29)31-17-15-13-10-8-6-4-2/h19-22,25-28H,3-18H2,1-2H3/t19-,20+,21+,22-/m0/s1. The van der Waals surface area contributed by atoms with Gasteiger partial charge in [0.25, 0.3) is 0 Å². The summed E-state index contributed by atoms with van der Waals surface area (Å²) < 4.78 is 9.82. The highest BCUT2D eigenvalue weighted by Crippen LogP contribution is 2.11. The fourth-order valence-corrected chi connectivity index (χ4v) is 3.29. The van der Waals surface area contributed by atoms with E-state index in [4.69, 9.17) is 9.47 Å². The van der Waals surface area contributed by atoms with E-state index in [1.54, 1.807) is 0 Å². The fourth-order valence-electron chi connectivity index (χ4n) is 3.29. The van der Waals surface area contributed by atoms with Crippen molar-refractivity contribution in [1.29, 1.82) is 0 Å². The van der Waals surface area contributed by atoms with Gasteiger partial charge in [-0.15, -0.1) is 0 Å². The van der Waals surface area contributed by atoms with Crippen molar-refractivity contribution >= 4 is 11.9 Å². The van der Waals surface area contributed by atoms with Gasteiger partial charge in [-0.05, 0) is 12.8 Å². The number of ether oxygens (including phenoxy) is 2. The maximum atomic E-state index is 11.9. The molecule has 0 unspecified atom stereocenters. The van der Waals surface area contributed by atoms with Gasteiger partial charge in [0.15, 0.2) is 12.2 Å². The van der Waals surface area contributed by atoms with Crippen LogP contribution < -0.4 is 0 Å². The Hall–Kier alpha value is -1.22. The Kier molecular flexibility index (Phi) is 19.6. The number of carbonyl (C=O) groups excluding carboxylic acids is 2. The summed E-state index contributed by atoms with van der Waals surface area (Å²) in [7, 11) is 0. The van der Waals surface area contributed by atoms with E-state index >= 15 is 0 Å². The van der Waals surface area contributed by atoms with Crippen molar-refractivity contribution in [1.82, 2.24) is 0 Å². The van der Waals surface area contributed by atoms with E-state index in [1.165, 1.54) is 25.7 Å². The Labute approximate surface area is 193 Å². The predicted octanol–water partition coefficient (Wildman–Crippen LogP) is 3.02. The molecule has 190 valence electrons. The van der Waals surface area contributed by atoms with E-state index in [0.29, 0.717) is 12.8 Å². The third kappa shape index (κ3) is 14.8. The summed E-state index contributed by atoms with van der Waals surface area (Å²) in [4.78, 5) is 23.7. The van der Waals surface area contributed by atoms with Crippen LogP contribution in [0.15, 0.2) is 0 Å². The molecular formula is C24H46O8. The van der Waals surface area contributed by atoms with Crippen molar-refractivity contribution in [2.75, 3.05) is 13.2 Å². The predicted molar refractivity (Wildman–Crippen MR) is 122 cm³/mol. The normalized spacial score (nSPS) is 15.1. The van der Waals surface area contributed by atoms with Crippen LogP contribution in [0.3, 0.4) is 0 Å². The van der Waals surface area contributed by atoms with Gasteiger partial charge in [-0.25, -0.2) is 9.59 Å². The molecular weight excluding hydrogens is 416 g/mol. The monoisotopic (exact) mass is 462 g/mol. The molecule has 0 radical (unpaired) electrons. The van der Waals surface area contributed by atoms with E-state index in [-0.39, 0.29) is 13.2 Å². The molecule has 0 fully saturated rings. The van der Waals surface area contributed by atoms with Crippen LogP contribution in [0.5, 0.6) is 0 Å². The minimum atomic E-state index is -2.07. The number of aliphatic hydroxyl groups excluding tert-OH is 4. The molecule has 0 aliphatic heterocycles. The fraction of sp³-hybridized carbons (Fsp3) is 0.917. The Morgan fingerprint density at radius 1 is 0.531 bits per heavy atom. The molecule has 0 spiro atoms. The molecule has 4 N–H and O–H groups in total. The molecule has 0 heterocycles. The summed E-state index contributed by atoms with van der Waals surface area (Å²) in [6.07, 6.45) is 6.26. The molecule has 0 bridgehead atoms. The van der Waals surface area contributed by atoms with Crippen LogP contribution >= 0.6 is 0 Å². The molecule has 8 nitrogen and oxygen atoms in total. The smallest absolute Gasteiger partial charge is 0.337 e. The summed E-state index contributed by atoms with van der Waals surface area (Å²) in [5, 5.41) is 39.6. The Bertz CT molecular complexity index is 471. The molecule has 8 heteroatoms. The molecule has 0 rings (SSSR count). The van der Waals surface area contributed by atoms with Gasteiger partial charge in [0, 0.05) is 0 Å². The van der Waals surface area contributed by atoms with Crippen LogP contribution in [-0.2, 0) is 19.1 Å². The third-order valence-corrected chi connectivity index (χ3v) is 5.46. The van der Waals surface area contributed by atoms with Gasteiger partial charge < -0.3 is 29.9 Å². The van der Waals surface area contributed by atoms with Crippen molar-refractivity contribution < 1.29 is 39.5 Å². The van der Waals surface area contributed by atoms with Gasteiger partial charge in [-0.2, -0.15) is 0 Å². The van der Waals surface area contributed by atoms with Crippen LogP contribution in [0.1, 0.15) is 104 Å². The zero-order valence-corrected chi connectivity index (χ0v) is 20.0. The minimum Gasteiger partial charge on any atom is -0.464 e. The number of hydrogen-bond acceptors (Lipinski definition) is 8. The average molecular weight is 463 g/mol. The topological polar surface area (TPSA) is 134 Å². The second kappa shape index (κ2) is 20.4. The molecule has 32 heavy (non-hydrogen) atoms. The van der Waals surface area contributed by atoms with Crippen LogP contribution in [0.4, 0.5) is 0 Å². The maximum absolute atomic E-state index is 11.9. The summed E-state index contributed by atoms with van der Waals surface area (Å²) in [6, 6.07) is 0. The molecule has 0 aliphatic rings. The lowest BCUT2D eigenvalue weighted by Gasteiger charge is -2.24. The molecule has 0 aromatic carbocycles. The number of esters is 2. The van der Waals surface area contributed by atoms with Crippen molar-refractivity contribution in [3.05, 3.63) is 0 Å². The number of rotatable bonds is 21. The first-order valence-electron chi connectivity index (χ1n) is 12.4. The van der Waals surface area contributed by atoms with Gasteiger partial charge in [-0.3, -0.25) is 0 Å². The maximum Gasteiger partial charge on any atom is 0.337 e. The second-order valence-electron chi connectivity index (χ2n) is 8.45. The van der Waals surface area contributed by atoms with Crippen LogP contribution in [0, 0.1) is 0 Å². The van der Waals surface area contributed by atoms with Gasteiger partial charge in [-0.1, -0.05) is 90.9 Å². The zero-order valence-electron chi connectivity index (χ0n) is 20.0. The van der Waals surface area contributed by atoms with Gasteiger partial charge in [0.05, 0.1) is 13.2 Å². The lowest BCUT2D eigenvalue weighted by Crippen LogP contribution is -2.50. The Balaban J connectivity index is 4.04. The largest absolute Gasteiger partial charge is 0.464 e. The molecule has 0 saturated heterocycles. The molecule has 0 aliphatic carbocycles. The minimum absolute atomic E-state index is 0.0913. The van der Waals surface area contributed by atoms with Gasteiger partial charge in [0.1, 0.15) is 12.2 Å². The number of carbonyl (C=O) groups is 2. The van der Waals surface area contributed by atoms with Crippen molar-refractivity contribution in [2.45, 2.75) is 128 Å². The van der Waals surface area contributed by atoms with Crippen molar-refractivity contribution in [2.24, 2.45) is 0 Å². The van der Waals surface area contributed by atoms with Crippen LogP contribution in [-0.4, -0.2) is 70.0 Å². The molecule has 4 atom stereocenters. The first-order chi connectivity index (χ1) is 15.4. The highest BCUT2D eigenvalue weighted by Gasteiger charge is 2.38. The molecule has 0 aromatic heterocycles. The van der Waals surface area contributed by atoms with E-state index in [1.807, 2.05) is 0 Å². The van der Waals surface area contributed by atoms with Gasteiger partial charge in [0.2, 0.25) is 0 Å². The van der Waals surface area contributed by atoms with E-state index in [0.717, 1.165) is 51.4 Å². The highest BCUT2D eigenvalue weighted by atomic mass is 16.6. The molecule has 0 amide bonds. The summed E-state index contributed by atoms with van der Waals surface area (Å²) in [5.41, 5.74) is 0. The zero-order chi connectivity index (χ0) is 24.2. The highest BCUT2D eigenvalue weighted by molar-refractivity contribution is 5.77. The first-order valence-corrected chi connectivity index (χ1v) is 12.4. The molecule has 0 aromatic rings. The van der Waals surface area contributed by atoms with Crippen molar-refractivity contribution in [3.63, 3.8) is 0 Å². The number of unbranched alkanes of at least 4 members (excludes halogenated alkanes) is 12. The van der Waals surface area contributed by atoms with E-state index in [9.17, 15) is 30.0 Å². The second-order valence-corrected chi connectivity index (χ2v) is 8.45. The van der Waals surface area contributed by atoms with Crippen molar-refractivity contribution in [3.8, 4) is 0 Å². The average Bonchev–Trinajstić information content (AvgIpc) is 2.80. The third-order valence-electron chi connectivity index (χ3n) is 5.46.